The molecule has 1 aliphatic rings. The van der Waals surface area contributed by atoms with Crippen molar-refractivity contribution in [2.75, 3.05) is 36.7 Å². The summed E-state index contributed by atoms with van der Waals surface area (Å²) in [5, 5.41) is 7.92. The van der Waals surface area contributed by atoms with Gasteiger partial charge in [-0.15, -0.1) is 0 Å². The van der Waals surface area contributed by atoms with E-state index in [0.717, 1.165) is 40.1 Å². The number of rotatable bonds is 8. The first kappa shape index (κ1) is 27.1. The van der Waals surface area contributed by atoms with Crippen molar-refractivity contribution in [3.05, 3.63) is 76.8 Å². The van der Waals surface area contributed by atoms with Crippen LogP contribution in [0.2, 0.25) is 0 Å². The lowest BCUT2D eigenvalue weighted by Gasteiger charge is -2.32. The van der Waals surface area contributed by atoms with E-state index >= 15 is 0 Å². The van der Waals surface area contributed by atoms with Crippen LogP contribution in [0.1, 0.15) is 36.9 Å². The maximum absolute atomic E-state index is 13.6. The van der Waals surface area contributed by atoms with Crippen molar-refractivity contribution in [2.24, 2.45) is 0 Å². The number of hydrogen-bond donors (Lipinski definition) is 1. The molecule has 3 aromatic heterocycles. The van der Waals surface area contributed by atoms with E-state index in [9.17, 15) is 8.42 Å². The van der Waals surface area contributed by atoms with Crippen molar-refractivity contribution < 1.29 is 8.42 Å². The molecule has 0 spiro atoms. The van der Waals surface area contributed by atoms with Crippen LogP contribution in [0.3, 0.4) is 0 Å². The molecule has 1 saturated heterocycles. The lowest BCUT2D eigenvalue weighted by Crippen LogP contribution is -2.39. The third-order valence-electron chi connectivity index (χ3n) is 7.27. The van der Waals surface area contributed by atoms with Crippen molar-refractivity contribution >= 4 is 47.4 Å². The van der Waals surface area contributed by atoms with Crippen molar-refractivity contribution in [3.63, 3.8) is 0 Å². The number of halogens is 1. The van der Waals surface area contributed by atoms with Crippen LogP contribution in [0, 0.1) is 0 Å². The highest BCUT2D eigenvalue weighted by Crippen LogP contribution is 2.48. The Bertz CT molecular complexity index is 1520. The molecular weight excluding hydrogens is 584 g/mol. The molecule has 4 aromatic rings. The van der Waals surface area contributed by atoms with Crippen LogP contribution in [-0.4, -0.2) is 63.7 Å². The molecule has 1 unspecified atom stereocenters. The predicted molar refractivity (Wildman–Crippen MR) is 158 cm³/mol. The first-order valence-electron chi connectivity index (χ1n) is 12.7. The molecule has 11 heteroatoms. The topological polar surface area (TPSA) is 92.5 Å². The molecule has 0 amide bonds. The summed E-state index contributed by atoms with van der Waals surface area (Å²) in [6.45, 7) is 3.67. The van der Waals surface area contributed by atoms with E-state index in [-0.39, 0.29) is 5.92 Å². The molecule has 8 nitrogen and oxygen atoms in total. The summed E-state index contributed by atoms with van der Waals surface area (Å²) in [6, 6.07) is 13.4. The van der Waals surface area contributed by atoms with Gasteiger partial charge in [-0.1, -0.05) is 13.0 Å². The van der Waals surface area contributed by atoms with Crippen molar-refractivity contribution in [2.45, 2.75) is 42.0 Å². The van der Waals surface area contributed by atoms with Crippen molar-refractivity contribution in [1.82, 2.24) is 23.9 Å². The fraction of sp³-hybridized carbons (Fsp3) is 0.370. The maximum Gasteiger partial charge on any atom is 0.243 e. The zero-order valence-electron chi connectivity index (χ0n) is 21.8. The zero-order chi connectivity index (χ0) is 26.9. The predicted octanol–water partition coefficient (Wildman–Crippen LogP) is 5.51. The number of benzene rings is 1. The molecule has 5 rings (SSSR count). The second-order valence-corrected chi connectivity index (χ2v) is 16.9. The van der Waals surface area contributed by atoms with Gasteiger partial charge in [-0.2, -0.15) is 13.9 Å². The standard InChI is InChI=1S/C27H33BrN6O2S2/c1-4-37(2,3)22-9-11-23(12-10-22)38(35,36)33-14-6-8-21(19-33)25-15-26(30-17-20-7-5-13-29-16-20)34-27(32-25)24(28)18-31-34/h5,7,9-13,15-16,18,21,30H,4,6,8,14,17,19H2,1-3H3. The highest BCUT2D eigenvalue weighted by molar-refractivity contribution is 9.10. The Balaban J connectivity index is 1.40. The van der Waals surface area contributed by atoms with Crippen LogP contribution in [0.15, 0.2) is 75.3 Å². The van der Waals surface area contributed by atoms with Crippen LogP contribution < -0.4 is 5.32 Å². The summed E-state index contributed by atoms with van der Waals surface area (Å²) in [7, 11) is -4.51. The summed E-state index contributed by atoms with van der Waals surface area (Å²) < 4.78 is 31.4. The number of hydrogen-bond acceptors (Lipinski definition) is 6. The van der Waals surface area contributed by atoms with Gasteiger partial charge in [-0.3, -0.25) is 4.98 Å². The van der Waals surface area contributed by atoms with E-state index in [4.69, 9.17) is 4.98 Å². The Morgan fingerprint density at radius 3 is 2.58 bits per heavy atom. The van der Waals surface area contributed by atoms with Gasteiger partial charge in [0.2, 0.25) is 10.0 Å². The number of nitrogens with zero attached hydrogens (tertiary/aromatic N) is 5. The first-order valence-corrected chi connectivity index (χ1v) is 17.5. The van der Waals surface area contributed by atoms with Gasteiger partial charge in [-0.05, 0) is 87.8 Å². The van der Waals surface area contributed by atoms with E-state index in [0.29, 0.717) is 30.2 Å². The Morgan fingerprint density at radius 2 is 1.87 bits per heavy atom. The van der Waals surface area contributed by atoms with Gasteiger partial charge < -0.3 is 5.32 Å². The zero-order valence-corrected chi connectivity index (χ0v) is 25.1. The van der Waals surface area contributed by atoms with E-state index < -0.39 is 20.1 Å². The average molecular weight is 618 g/mol. The van der Waals surface area contributed by atoms with E-state index in [1.54, 1.807) is 33.3 Å². The minimum absolute atomic E-state index is 0.0213. The van der Waals surface area contributed by atoms with Crippen molar-refractivity contribution in [3.8, 4) is 0 Å². The minimum Gasteiger partial charge on any atom is -0.366 e. The quantitative estimate of drug-likeness (QED) is 0.281. The summed E-state index contributed by atoms with van der Waals surface area (Å²) in [6.07, 6.45) is 11.5. The van der Waals surface area contributed by atoms with Gasteiger partial charge in [0.05, 0.1) is 21.3 Å². The van der Waals surface area contributed by atoms with Gasteiger partial charge in [0.15, 0.2) is 5.65 Å². The lowest BCUT2D eigenvalue weighted by molar-refractivity contribution is 0.313. The van der Waals surface area contributed by atoms with Gasteiger partial charge in [0, 0.05) is 44.0 Å². The molecule has 0 saturated carbocycles. The molecule has 1 fully saturated rings. The highest BCUT2D eigenvalue weighted by atomic mass is 79.9. The van der Waals surface area contributed by atoms with Crippen LogP contribution in [0.25, 0.3) is 5.65 Å². The molecule has 1 atom stereocenters. The number of fused-ring (bicyclic) bond motifs is 1. The second-order valence-electron chi connectivity index (χ2n) is 10.0. The molecule has 0 radical (unpaired) electrons. The molecular formula is C27H33BrN6O2S2. The molecule has 4 heterocycles. The Morgan fingerprint density at radius 1 is 1.11 bits per heavy atom. The normalized spacial score (nSPS) is 17.5. The number of sulfonamides is 1. The minimum atomic E-state index is -3.60. The molecule has 1 aromatic carbocycles. The lowest BCUT2D eigenvalue weighted by atomic mass is 9.96. The second kappa shape index (κ2) is 11.0. The van der Waals surface area contributed by atoms with Gasteiger partial charge >= 0.3 is 0 Å². The van der Waals surface area contributed by atoms with Crippen molar-refractivity contribution in [1.29, 1.82) is 0 Å². The maximum atomic E-state index is 13.6. The Kier molecular flexibility index (Phi) is 7.82. The number of pyridine rings is 1. The van der Waals surface area contributed by atoms with E-state index in [1.165, 1.54) is 4.90 Å². The van der Waals surface area contributed by atoms with Crippen LogP contribution >= 0.6 is 26.0 Å². The summed E-state index contributed by atoms with van der Waals surface area (Å²) in [4.78, 5) is 10.7. The first-order chi connectivity index (χ1) is 18.2. The number of anilines is 1. The van der Waals surface area contributed by atoms with E-state index in [2.05, 4.69) is 50.8 Å². The van der Waals surface area contributed by atoms with Gasteiger partial charge in [0.25, 0.3) is 0 Å². The van der Waals surface area contributed by atoms with Crippen LogP contribution in [0.4, 0.5) is 5.82 Å². The third kappa shape index (κ3) is 5.47. The van der Waals surface area contributed by atoms with Crippen LogP contribution in [0.5, 0.6) is 0 Å². The number of aromatic nitrogens is 4. The Hall–Kier alpha value is -2.47. The molecule has 0 aliphatic carbocycles. The number of piperidine rings is 1. The molecule has 0 bridgehead atoms. The molecule has 38 heavy (non-hydrogen) atoms. The summed E-state index contributed by atoms with van der Waals surface area (Å²) >= 11 is 3.57. The van der Waals surface area contributed by atoms with Gasteiger partial charge in [-0.25, -0.2) is 23.4 Å². The largest absolute Gasteiger partial charge is 0.366 e. The van der Waals surface area contributed by atoms with Gasteiger partial charge in [0.1, 0.15) is 5.82 Å². The number of nitrogens with one attached hydrogen (secondary N) is 1. The molecule has 1 N–H and O–H groups in total. The third-order valence-corrected chi connectivity index (χ3v) is 12.7. The SMILES string of the molecule is CCS(C)(C)c1ccc(S(=O)(=O)N2CCCC(c3cc(NCc4cccnc4)n4ncc(Br)c4n3)C2)cc1. The molecule has 202 valence electrons. The monoisotopic (exact) mass is 616 g/mol. The average Bonchev–Trinajstić information content (AvgIpc) is 3.33. The Labute approximate surface area is 234 Å². The summed E-state index contributed by atoms with van der Waals surface area (Å²) in [5.74, 6) is 1.85. The highest BCUT2D eigenvalue weighted by Gasteiger charge is 2.32. The van der Waals surface area contributed by atoms with E-state index in [1.807, 2.05) is 36.5 Å². The van der Waals surface area contributed by atoms with Crippen LogP contribution in [-0.2, 0) is 16.6 Å². The smallest absolute Gasteiger partial charge is 0.243 e. The fourth-order valence-corrected chi connectivity index (χ4v) is 7.76. The fourth-order valence-electron chi connectivity index (χ4n) is 4.68. The molecule has 1 aliphatic heterocycles. The summed E-state index contributed by atoms with van der Waals surface area (Å²) in [5.41, 5.74) is 2.61.